The van der Waals surface area contributed by atoms with Crippen LogP contribution in [0.4, 0.5) is 5.69 Å². The van der Waals surface area contributed by atoms with Crippen LogP contribution in [0.1, 0.15) is 25.3 Å². The molecule has 1 amide bonds. The summed E-state index contributed by atoms with van der Waals surface area (Å²) in [7, 11) is -4.30. The minimum Gasteiger partial charge on any atom is -0.379 e. The monoisotopic (exact) mass is 346 g/mol. The number of carbonyl (C=O) groups excluding carboxylic acids is 1. The van der Waals surface area contributed by atoms with Gasteiger partial charge >= 0.3 is 0 Å². The van der Waals surface area contributed by atoms with E-state index in [9.17, 15) is 17.8 Å². The number of benzene rings is 1. The zero-order valence-electron chi connectivity index (χ0n) is 13.1. The molecule has 1 unspecified atom stereocenters. The molecule has 6 nitrogen and oxygen atoms in total. The molecule has 2 aliphatic heterocycles. The highest BCUT2D eigenvalue weighted by Crippen LogP contribution is 2.32. The number of hydrogen-bond acceptors (Lipinski definition) is 4. The molecule has 1 atom stereocenters. The van der Waals surface area contributed by atoms with Crippen molar-refractivity contribution in [2.24, 2.45) is 0 Å². The van der Waals surface area contributed by atoms with Gasteiger partial charge in [-0.3, -0.25) is 9.35 Å². The lowest BCUT2D eigenvalue weighted by Gasteiger charge is -2.18. The van der Waals surface area contributed by atoms with E-state index in [4.69, 9.17) is 0 Å². The molecule has 0 aliphatic carbocycles. The minimum atomic E-state index is -4.30. The van der Waals surface area contributed by atoms with Gasteiger partial charge < -0.3 is 10.6 Å². The van der Waals surface area contributed by atoms with Crippen LogP contribution in [-0.4, -0.2) is 24.9 Å². The first kappa shape index (κ1) is 16.5. The Hall–Kier alpha value is -2.38. The molecule has 0 radical (unpaired) electrons. The largest absolute Gasteiger partial charge is 0.379 e. The molecule has 0 fully saturated rings. The van der Waals surface area contributed by atoms with Crippen molar-refractivity contribution in [2.45, 2.75) is 25.8 Å². The van der Waals surface area contributed by atoms with E-state index in [-0.39, 0.29) is 29.7 Å². The second-order valence-corrected chi connectivity index (χ2v) is 7.25. The van der Waals surface area contributed by atoms with Gasteiger partial charge in [0.05, 0.1) is 17.0 Å². The van der Waals surface area contributed by atoms with Crippen molar-refractivity contribution in [1.82, 2.24) is 5.32 Å². The molecular formula is C17H18N2O4S. The third-order valence-corrected chi connectivity index (χ3v) is 4.87. The van der Waals surface area contributed by atoms with Crippen molar-refractivity contribution in [1.29, 1.82) is 0 Å². The lowest BCUT2D eigenvalue weighted by atomic mass is 10.0. The molecule has 1 aromatic carbocycles. The highest BCUT2D eigenvalue weighted by atomic mass is 32.2. The average Bonchev–Trinajstić information content (AvgIpc) is 2.56. The van der Waals surface area contributed by atoms with Gasteiger partial charge in [-0.25, -0.2) is 0 Å². The summed E-state index contributed by atoms with van der Waals surface area (Å²) in [5.74, 6) is -0.157. The van der Waals surface area contributed by atoms with Gasteiger partial charge in [0.15, 0.2) is 0 Å². The summed E-state index contributed by atoms with van der Waals surface area (Å²) in [6.07, 6.45) is 4.88. The van der Waals surface area contributed by atoms with Crippen LogP contribution in [0.5, 0.6) is 0 Å². The zero-order valence-corrected chi connectivity index (χ0v) is 13.9. The summed E-state index contributed by atoms with van der Waals surface area (Å²) in [5, 5.41) is 6.20. The van der Waals surface area contributed by atoms with E-state index in [1.54, 1.807) is 6.08 Å². The number of anilines is 1. The Labute approximate surface area is 140 Å². The first-order valence-electron chi connectivity index (χ1n) is 7.58. The molecule has 126 valence electrons. The maximum absolute atomic E-state index is 12.2. The maximum Gasteiger partial charge on any atom is 0.294 e. The molecule has 24 heavy (non-hydrogen) atoms. The quantitative estimate of drug-likeness (QED) is 0.679. The van der Waals surface area contributed by atoms with Gasteiger partial charge in [-0.2, -0.15) is 8.42 Å². The average molecular weight is 346 g/mol. The maximum atomic E-state index is 12.2. The van der Waals surface area contributed by atoms with E-state index in [2.05, 4.69) is 10.6 Å². The van der Waals surface area contributed by atoms with E-state index in [1.807, 2.05) is 31.2 Å². The van der Waals surface area contributed by atoms with E-state index in [0.717, 1.165) is 22.5 Å². The summed E-state index contributed by atoms with van der Waals surface area (Å²) in [5.41, 5.74) is 3.17. The Balaban J connectivity index is 2.16. The van der Waals surface area contributed by atoms with Crippen LogP contribution in [-0.2, 0) is 14.9 Å². The topological polar surface area (TPSA) is 95.5 Å². The Morgan fingerprint density at radius 2 is 2.00 bits per heavy atom. The Kier molecular flexibility index (Phi) is 4.29. The van der Waals surface area contributed by atoms with Crippen molar-refractivity contribution in [3.05, 3.63) is 58.5 Å². The third kappa shape index (κ3) is 3.42. The van der Waals surface area contributed by atoms with E-state index < -0.39 is 10.1 Å². The minimum absolute atomic E-state index is 0.152. The van der Waals surface area contributed by atoms with E-state index in [0.29, 0.717) is 0 Å². The standard InChI is InChI=1S/C17H18N2O4S/c1-11-6-8-13(24(21,22)23)9-7-12-10-16(20)19-15-5-3-2-4-14(15)17(12)18-11/h2-6,8-9,11,18H,7,10H2,1H3,(H,19,20)(H,21,22,23)/b8-6-,13-9+. The van der Waals surface area contributed by atoms with Crippen LogP contribution in [0.15, 0.2) is 53.0 Å². The summed E-state index contributed by atoms with van der Waals surface area (Å²) < 4.78 is 32.3. The number of hydrogen-bond donors (Lipinski definition) is 3. The molecular weight excluding hydrogens is 328 g/mol. The summed E-state index contributed by atoms with van der Waals surface area (Å²) >= 11 is 0. The highest BCUT2D eigenvalue weighted by Gasteiger charge is 2.23. The number of carbonyl (C=O) groups is 1. The number of allylic oxidation sites excluding steroid dienone is 2. The molecule has 0 saturated carbocycles. The fraction of sp³-hybridized carbons (Fsp3) is 0.235. The number of rotatable bonds is 1. The van der Waals surface area contributed by atoms with Gasteiger partial charge in [-0.05, 0) is 31.1 Å². The van der Waals surface area contributed by atoms with Gasteiger partial charge in [0, 0.05) is 17.3 Å². The number of nitrogens with one attached hydrogen (secondary N) is 2. The molecule has 7 heteroatoms. The van der Waals surface area contributed by atoms with Gasteiger partial charge in [0.25, 0.3) is 10.1 Å². The lowest BCUT2D eigenvalue weighted by Crippen LogP contribution is -2.23. The molecule has 0 saturated heterocycles. The first-order chi connectivity index (χ1) is 11.3. The molecule has 3 rings (SSSR count). The Bertz CT molecular complexity index is 882. The van der Waals surface area contributed by atoms with Crippen LogP contribution in [0, 0.1) is 0 Å². The summed E-state index contributed by atoms with van der Waals surface area (Å²) in [4.78, 5) is 12.0. The smallest absolute Gasteiger partial charge is 0.294 e. The van der Waals surface area contributed by atoms with E-state index in [1.165, 1.54) is 12.2 Å². The molecule has 2 aliphatic rings. The second kappa shape index (κ2) is 6.26. The molecule has 2 heterocycles. The molecule has 1 aromatic rings. The van der Waals surface area contributed by atoms with Crippen LogP contribution >= 0.6 is 0 Å². The molecule has 0 spiro atoms. The zero-order chi connectivity index (χ0) is 17.3. The SMILES string of the molecule is CC1/C=C\C(S(=O)(=O)O)=C/CC2=C(N1)c1ccccc1NC(=O)C2. The van der Waals surface area contributed by atoms with Crippen molar-refractivity contribution in [3.63, 3.8) is 0 Å². The van der Waals surface area contributed by atoms with Crippen LogP contribution in [0.25, 0.3) is 5.70 Å². The fourth-order valence-corrected chi connectivity index (χ4v) is 3.37. The molecule has 0 aromatic heterocycles. The summed E-state index contributed by atoms with van der Waals surface area (Å²) in [6.45, 7) is 1.87. The van der Waals surface area contributed by atoms with E-state index >= 15 is 0 Å². The van der Waals surface area contributed by atoms with Gasteiger partial charge in [-0.15, -0.1) is 0 Å². The Morgan fingerprint density at radius 1 is 1.25 bits per heavy atom. The van der Waals surface area contributed by atoms with Crippen LogP contribution in [0.3, 0.4) is 0 Å². The molecule has 3 N–H and O–H groups in total. The lowest BCUT2D eigenvalue weighted by molar-refractivity contribution is -0.115. The van der Waals surface area contributed by atoms with Crippen molar-refractivity contribution < 1.29 is 17.8 Å². The van der Waals surface area contributed by atoms with Crippen molar-refractivity contribution in [2.75, 3.05) is 5.32 Å². The van der Waals surface area contributed by atoms with Gasteiger partial charge in [0.2, 0.25) is 5.91 Å². The van der Waals surface area contributed by atoms with Gasteiger partial charge in [-0.1, -0.05) is 30.4 Å². The highest BCUT2D eigenvalue weighted by molar-refractivity contribution is 7.90. The first-order valence-corrected chi connectivity index (χ1v) is 9.02. The predicted octanol–water partition coefficient (Wildman–Crippen LogP) is 2.45. The number of amides is 1. The molecule has 0 bridgehead atoms. The fourth-order valence-electron chi connectivity index (χ4n) is 2.83. The van der Waals surface area contributed by atoms with Crippen LogP contribution in [0.2, 0.25) is 0 Å². The normalized spacial score (nSPS) is 24.7. The second-order valence-electron chi connectivity index (χ2n) is 5.83. The van der Waals surface area contributed by atoms with Crippen molar-refractivity contribution in [3.8, 4) is 0 Å². The van der Waals surface area contributed by atoms with Gasteiger partial charge in [0.1, 0.15) is 0 Å². The van der Waals surface area contributed by atoms with Crippen molar-refractivity contribution >= 4 is 27.4 Å². The number of para-hydroxylation sites is 1. The predicted molar refractivity (Wildman–Crippen MR) is 92.6 cm³/mol. The Morgan fingerprint density at radius 3 is 2.75 bits per heavy atom. The van der Waals surface area contributed by atoms with Crippen LogP contribution < -0.4 is 10.6 Å². The number of fused-ring (bicyclic) bond motifs is 2. The summed E-state index contributed by atoms with van der Waals surface area (Å²) in [6, 6.07) is 7.29. The third-order valence-electron chi connectivity index (χ3n) is 3.97.